The predicted molar refractivity (Wildman–Crippen MR) is 102 cm³/mol. The molecule has 0 bridgehead atoms. The minimum absolute atomic E-state index is 0.546. The third-order valence-corrected chi connectivity index (χ3v) is 5.54. The largest absolute Gasteiger partial charge is 0.379 e. The molecule has 2 aliphatic rings. The van der Waals surface area contributed by atoms with Gasteiger partial charge in [-0.05, 0) is 18.8 Å². The first-order valence-corrected chi connectivity index (χ1v) is 9.74. The van der Waals surface area contributed by atoms with E-state index in [0.29, 0.717) is 5.92 Å². The van der Waals surface area contributed by atoms with Gasteiger partial charge in [0.25, 0.3) is 0 Å². The SMILES string of the molecule is C=C(Nc1ncnc2c1cnn2CCN1CCOCC1)C1CCCCC1. The monoisotopic (exact) mass is 356 g/mol. The topological polar surface area (TPSA) is 68.1 Å². The number of nitrogens with zero attached hydrogens (tertiary/aromatic N) is 5. The van der Waals surface area contributed by atoms with Crippen molar-refractivity contribution in [2.75, 3.05) is 38.2 Å². The molecule has 2 fully saturated rings. The summed E-state index contributed by atoms with van der Waals surface area (Å²) >= 11 is 0. The molecule has 0 unspecified atom stereocenters. The number of nitrogens with one attached hydrogen (secondary N) is 1. The van der Waals surface area contributed by atoms with Crippen molar-refractivity contribution in [2.45, 2.75) is 38.6 Å². The number of anilines is 1. The maximum absolute atomic E-state index is 5.41. The van der Waals surface area contributed by atoms with E-state index in [1.54, 1.807) is 6.33 Å². The Balaban J connectivity index is 1.45. The van der Waals surface area contributed by atoms with Crippen LogP contribution in [0, 0.1) is 5.92 Å². The first-order chi connectivity index (χ1) is 12.8. The second-order valence-electron chi connectivity index (χ2n) is 7.27. The van der Waals surface area contributed by atoms with E-state index in [2.05, 4.69) is 31.9 Å². The average Bonchev–Trinajstić information content (AvgIpc) is 3.12. The summed E-state index contributed by atoms with van der Waals surface area (Å²) in [5.41, 5.74) is 1.96. The molecule has 1 saturated carbocycles. The van der Waals surface area contributed by atoms with Crippen LogP contribution in [0.4, 0.5) is 5.82 Å². The highest BCUT2D eigenvalue weighted by atomic mass is 16.5. The van der Waals surface area contributed by atoms with E-state index in [-0.39, 0.29) is 0 Å². The minimum atomic E-state index is 0.546. The molecule has 7 nitrogen and oxygen atoms in total. The number of fused-ring (bicyclic) bond motifs is 1. The first-order valence-electron chi connectivity index (χ1n) is 9.74. The van der Waals surface area contributed by atoms with E-state index in [4.69, 9.17) is 4.74 Å². The molecular formula is C19H28N6O. The Kier molecular flexibility index (Phi) is 5.45. The summed E-state index contributed by atoms with van der Waals surface area (Å²) in [6.45, 7) is 9.66. The molecule has 2 aromatic rings. The van der Waals surface area contributed by atoms with Crippen molar-refractivity contribution in [3.05, 3.63) is 24.8 Å². The summed E-state index contributed by atoms with van der Waals surface area (Å²) in [5.74, 6) is 1.37. The van der Waals surface area contributed by atoms with Crippen LogP contribution in [0.1, 0.15) is 32.1 Å². The first kappa shape index (κ1) is 17.4. The van der Waals surface area contributed by atoms with Gasteiger partial charge in [0.1, 0.15) is 12.1 Å². The Morgan fingerprint density at radius 3 is 2.77 bits per heavy atom. The van der Waals surface area contributed by atoms with Crippen molar-refractivity contribution >= 4 is 16.9 Å². The van der Waals surface area contributed by atoms with Crippen molar-refractivity contribution in [3.8, 4) is 0 Å². The molecule has 1 saturated heterocycles. The molecule has 1 aliphatic carbocycles. The standard InChI is InChI=1S/C19H28N6O/c1-15(16-5-3-2-4-6-16)23-18-17-13-22-25(19(17)21-14-20-18)8-7-24-9-11-26-12-10-24/h13-14,16H,1-12H2,(H,20,21,23). The Hall–Kier alpha value is -1.99. The fourth-order valence-electron chi connectivity index (χ4n) is 3.92. The molecule has 0 atom stereocenters. The summed E-state index contributed by atoms with van der Waals surface area (Å²) in [4.78, 5) is 11.3. The smallest absolute Gasteiger partial charge is 0.163 e. The Labute approximate surface area is 154 Å². The van der Waals surface area contributed by atoms with Crippen LogP contribution in [0.15, 0.2) is 24.8 Å². The summed E-state index contributed by atoms with van der Waals surface area (Å²) < 4.78 is 7.38. The van der Waals surface area contributed by atoms with Gasteiger partial charge in [-0.25, -0.2) is 14.6 Å². The molecule has 0 spiro atoms. The number of morpholine rings is 1. The lowest BCUT2D eigenvalue weighted by Crippen LogP contribution is -2.38. The van der Waals surface area contributed by atoms with Gasteiger partial charge in [-0.3, -0.25) is 4.90 Å². The molecule has 7 heteroatoms. The number of allylic oxidation sites excluding steroid dienone is 1. The molecule has 140 valence electrons. The van der Waals surface area contributed by atoms with Crippen molar-refractivity contribution < 1.29 is 4.74 Å². The second kappa shape index (κ2) is 8.14. The number of hydrogen-bond acceptors (Lipinski definition) is 6. The Morgan fingerprint density at radius 2 is 1.96 bits per heavy atom. The quantitative estimate of drug-likeness (QED) is 0.858. The van der Waals surface area contributed by atoms with E-state index in [0.717, 1.165) is 61.9 Å². The van der Waals surface area contributed by atoms with Crippen molar-refractivity contribution in [2.24, 2.45) is 5.92 Å². The number of hydrogen-bond donors (Lipinski definition) is 1. The maximum atomic E-state index is 5.41. The van der Waals surface area contributed by atoms with Gasteiger partial charge < -0.3 is 10.1 Å². The average molecular weight is 356 g/mol. The van der Waals surface area contributed by atoms with Crippen LogP contribution in [-0.2, 0) is 11.3 Å². The van der Waals surface area contributed by atoms with Gasteiger partial charge in [0.2, 0.25) is 0 Å². The van der Waals surface area contributed by atoms with Crippen molar-refractivity contribution in [3.63, 3.8) is 0 Å². The zero-order valence-electron chi connectivity index (χ0n) is 15.4. The highest BCUT2D eigenvalue weighted by Gasteiger charge is 2.18. The summed E-state index contributed by atoms with van der Waals surface area (Å²) in [6.07, 6.45) is 9.86. The Bertz CT molecular complexity index is 746. The molecule has 0 amide bonds. The van der Waals surface area contributed by atoms with Crippen LogP contribution in [0.2, 0.25) is 0 Å². The Morgan fingerprint density at radius 1 is 1.15 bits per heavy atom. The van der Waals surface area contributed by atoms with E-state index in [9.17, 15) is 0 Å². The van der Waals surface area contributed by atoms with Gasteiger partial charge in [-0.15, -0.1) is 0 Å². The summed E-state index contributed by atoms with van der Waals surface area (Å²) in [7, 11) is 0. The molecule has 0 radical (unpaired) electrons. The molecule has 0 aromatic carbocycles. The van der Waals surface area contributed by atoms with Gasteiger partial charge >= 0.3 is 0 Å². The lowest BCUT2D eigenvalue weighted by molar-refractivity contribution is 0.0361. The number of rotatable bonds is 6. The highest BCUT2D eigenvalue weighted by molar-refractivity contribution is 5.86. The van der Waals surface area contributed by atoms with Gasteiger partial charge in [-0.1, -0.05) is 25.8 Å². The zero-order valence-corrected chi connectivity index (χ0v) is 15.4. The van der Waals surface area contributed by atoms with Crippen LogP contribution in [0.3, 0.4) is 0 Å². The van der Waals surface area contributed by atoms with Gasteiger partial charge in [-0.2, -0.15) is 5.10 Å². The third kappa shape index (κ3) is 3.88. The van der Waals surface area contributed by atoms with E-state index in [1.165, 1.54) is 32.1 Å². The molecular weight excluding hydrogens is 328 g/mol. The van der Waals surface area contributed by atoms with Gasteiger partial charge in [0.15, 0.2) is 5.65 Å². The second-order valence-corrected chi connectivity index (χ2v) is 7.27. The molecule has 2 aromatic heterocycles. The minimum Gasteiger partial charge on any atom is -0.379 e. The maximum Gasteiger partial charge on any atom is 0.163 e. The van der Waals surface area contributed by atoms with Crippen LogP contribution in [0.5, 0.6) is 0 Å². The number of aromatic nitrogens is 4. The summed E-state index contributed by atoms with van der Waals surface area (Å²) in [6, 6.07) is 0. The van der Waals surface area contributed by atoms with E-state index in [1.807, 2.05) is 10.9 Å². The summed E-state index contributed by atoms with van der Waals surface area (Å²) in [5, 5.41) is 8.96. The highest BCUT2D eigenvalue weighted by Crippen LogP contribution is 2.30. The molecule has 3 heterocycles. The van der Waals surface area contributed by atoms with Crippen LogP contribution >= 0.6 is 0 Å². The predicted octanol–water partition coefficient (Wildman–Crippen LogP) is 2.66. The van der Waals surface area contributed by atoms with Crippen molar-refractivity contribution in [1.29, 1.82) is 0 Å². The van der Waals surface area contributed by atoms with Gasteiger partial charge in [0.05, 0.1) is 31.3 Å². The third-order valence-electron chi connectivity index (χ3n) is 5.54. The van der Waals surface area contributed by atoms with E-state index >= 15 is 0 Å². The van der Waals surface area contributed by atoms with E-state index < -0.39 is 0 Å². The lowest BCUT2D eigenvalue weighted by atomic mass is 9.87. The molecule has 1 N–H and O–H groups in total. The normalized spacial score (nSPS) is 19.7. The van der Waals surface area contributed by atoms with Crippen LogP contribution < -0.4 is 5.32 Å². The van der Waals surface area contributed by atoms with Gasteiger partial charge in [0, 0.05) is 25.3 Å². The molecule has 26 heavy (non-hydrogen) atoms. The molecule has 1 aliphatic heterocycles. The van der Waals surface area contributed by atoms with Crippen LogP contribution in [0.25, 0.3) is 11.0 Å². The molecule has 4 rings (SSSR count). The fraction of sp³-hybridized carbons (Fsp3) is 0.632. The van der Waals surface area contributed by atoms with Crippen molar-refractivity contribution in [1.82, 2.24) is 24.6 Å². The fourth-order valence-corrected chi connectivity index (χ4v) is 3.92. The van der Waals surface area contributed by atoms with Crippen LogP contribution in [-0.4, -0.2) is 57.5 Å². The lowest BCUT2D eigenvalue weighted by Gasteiger charge is -2.26. The number of ether oxygens (including phenoxy) is 1. The zero-order chi connectivity index (χ0) is 17.8.